The Bertz CT molecular complexity index is 637. The van der Waals surface area contributed by atoms with Crippen molar-refractivity contribution in [2.24, 2.45) is 0 Å². The van der Waals surface area contributed by atoms with E-state index in [1.165, 1.54) is 10.9 Å². The molecule has 0 unspecified atom stereocenters. The number of rotatable bonds is 1. The summed E-state index contributed by atoms with van der Waals surface area (Å²) in [4.78, 5) is 18.9. The average Bonchev–Trinajstić information content (AvgIpc) is 2.98. The molecule has 4 heteroatoms. The largest absolute Gasteiger partial charge is 0.361 e. The summed E-state index contributed by atoms with van der Waals surface area (Å²) in [6.07, 6.45) is 6.59. The van der Waals surface area contributed by atoms with E-state index in [1.807, 2.05) is 24.4 Å². The van der Waals surface area contributed by atoms with Crippen molar-refractivity contribution in [1.29, 1.82) is 0 Å². The lowest BCUT2D eigenvalue weighted by Crippen LogP contribution is -2.09. The second-order valence-corrected chi connectivity index (χ2v) is 3.55. The fourth-order valence-corrected chi connectivity index (χ4v) is 1.71. The third kappa shape index (κ3) is 1.32. The Morgan fingerprint density at radius 3 is 3.06 bits per heavy atom. The molecule has 0 aliphatic heterocycles. The summed E-state index contributed by atoms with van der Waals surface area (Å²) in [5.41, 5.74) is 1.69. The van der Waals surface area contributed by atoms with Gasteiger partial charge in [-0.25, -0.2) is 4.98 Å². The summed E-state index contributed by atoms with van der Waals surface area (Å²) in [6, 6.07) is 7.52. The first-order valence-electron chi connectivity index (χ1n) is 4.94. The summed E-state index contributed by atoms with van der Waals surface area (Å²) >= 11 is 0. The van der Waals surface area contributed by atoms with E-state index in [-0.39, 0.29) is 5.91 Å². The van der Waals surface area contributed by atoms with E-state index < -0.39 is 0 Å². The molecule has 0 aliphatic carbocycles. The van der Waals surface area contributed by atoms with Crippen molar-refractivity contribution in [2.75, 3.05) is 0 Å². The highest BCUT2D eigenvalue weighted by molar-refractivity contribution is 5.99. The number of carbonyl (C=O) groups excluding carboxylic acids is 1. The molecule has 0 bridgehead atoms. The maximum Gasteiger partial charge on any atom is 0.263 e. The van der Waals surface area contributed by atoms with Gasteiger partial charge in [-0.15, -0.1) is 0 Å². The molecule has 0 spiro atoms. The fourth-order valence-electron chi connectivity index (χ4n) is 1.71. The number of aromatic amines is 1. The Balaban J connectivity index is 2.09. The van der Waals surface area contributed by atoms with E-state index in [0.717, 1.165) is 10.9 Å². The van der Waals surface area contributed by atoms with Gasteiger partial charge in [0.25, 0.3) is 5.91 Å². The highest BCUT2D eigenvalue weighted by Crippen LogP contribution is 2.15. The molecule has 0 saturated heterocycles. The van der Waals surface area contributed by atoms with Crippen molar-refractivity contribution in [3.63, 3.8) is 0 Å². The molecule has 3 aromatic rings. The molecular formula is C12H9N3O. The van der Waals surface area contributed by atoms with Crippen LogP contribution < -0.4 is 0 Å². The Kier molecular flexibility index (Phi) is 1.86. The fraction of sp³-hybridized carbons (Fsp3) is 0. The molecule has 0 radical (unpaired) electrons. The Labute approximate surface area is 91.5 Å². The van der Waals surface area contributed by atoms with Crippen molar-refractivity contribution >= 4 is 16.8 Å². The third-order valence-corrected chi connectivity index (χ3v) is 2.54. The maximum atomic E-state index is 12.0. The SMILES string of the molecule is O=C(c1ccc2[nH]ccc2c1)n1ccnc1. The molecule has 0 aliphatic rings. The highest BCUT2D eigenvalue weighted by Gasteiger charge is 2.08. The summed E-state index contributed by atoms with van der Waals surface area (Å²) in [5.74, 6) is -0.0689. The van der Waals surface area contributed by atoms with Crippen LogP contribution >= 0.6 is 0 Å². The monoisotopic (exact) mass is 211 g/mol. The number of H-pyrrole nitrogens is 1. The molecule has 0 atom stereocenters. The topological polar surface area (TPSA) is 50.7 Å². The minimum Gasteiger partial charge on any atom is -0.361 e. The molecule has 1 aromatic carbocycles. The summed E-state index contributed by atoms with van der Waals surface area (Å²) in [6.45, 7) is 0. The van der Waals surface area contributed by atoms with Gasteiger partial charge in [0.1, 0.15) is 6.33 Å². The second kappa shape index (κ2) is 3.34. The summed E-state index contributed by atoms with van der Waals surface area (Å²) in [7, 11) is 0. The van der Waals surface area contributed by atoms with Gasteiger partial charge >= 0.3 is 0 Å². The molecular weight excluding hydrogens is 202 g/mol. The second-order valence-electron chi connectivity index (χ2n) is 3.55. The van der Waals surface area contributed by atoms with Gasteiger partial charge in [0, 0.05) is 35.1 Å². The highest BCUT2D eigenvalue weighted by atomic mass is 16.2. The number of hydrogen-bond donors (Lipinski definition) is 1. The van der Waals surface area contributed by atoms with Gasteiger partial charge in [0.15, 0.2) is 0 Å². The molecule has 2 heterocycles. The first-order chi connectivity index (χ1) is 7.84. The summed E-state index contributed by atoms with van der Waals surface area (Å²) in [5, 5.41) is 1.03. The normalized spacial score (nSPS) is 10.8. The van der Waals surface area contributed by atoms with Crippen LogP contribution in [0.5, 0.6) is 0 Å². The van der Waals surface area contributed by atoms with Crippen molar-refractivity contribution < 1.29 is 4.79 Å². The standard InChI is InChI=1S/C12H9N3O/c16-12(15-6-5-13-8-15)10-1-2-11-9(7-10)3-4-14-11/h1-8,14H. The minimum absolute atomic E-state index is 0.0689. The van der Waals surface area contributed by atoms with E-state index >= 15 is 0 Å². The number of fused-ring (bicyclic) bond motifs is 1. The van der Waals surface area contributed by atoms with Crippen LogP contribution in [0.15, 0.2) is 49.2 Å². The van der Waals surface area contributed by atoms with Crippen LogP contribution in [0.25, 0.3) is 10.9 Å². The van der Waals surface area contributed by atoms with Crippen LogP contribution in [-0.2, 0) is 0 Å². The first-order valence-corrected chi connectivity index (χ1v) is 4.94. The van der Waals surface area contributed by atoms with E-state index in [2.05, 4.69) is 9.97 Å². The zero-order valence-electron chi connectivity index (χ0n) is 8.42. The lowest BCUT2D eigenvalue weighted by Gasteiger charge is -2.00. The molecule has 2 aromatic heterocycles. The van der Waals surface area contributed by atoms with Gasteiger partial charge in [-0.05, 0) is 24.3 Å². The van der Waals surface area contributed by atoms with Crippen molar-refractivity contribution in [2.45, 2.75) is 0 Å². The molecule has 0 saturated carbocycles. The lowest BCUT2D eigenvalue weighted by atomic mass is 10.1. The Morgan fingerprint density at radius 1 is 1.31 bits per heavy atom. The predicted molar refractivity (Wildman–Crippen MR) is 60.3 cm³/mol. The first kappa shape index (κ1) is 8.91. The summed E-state index contributed by atoms with van der Waals surface area (Å²) < 4.78 is 1.47. The van der Waals surface area contributed by atoms with Crippen LogP contribution in [0, 0.1) is 0 Å². The van der Waals surface area contributed by atoms with Gasteiger partial charge < -0.3 is 4.98 Å². The van der Waals surface area contributed by atoms with Crippen molar-refractivity contribution in [3.8, 4) is 0 Å². The van der Waals surface area contributed by atoms with Crippen LogP contribution in [0.3, 0.4) is 0 Å². The maximum absolute atomic E-state index is 12.0. The molecule has 16 heavy (non-hydrogen) atoms. The number of nitrogens with zero attached hydrogens (tertiary/aromatic N) is 2. The molecule has 1 N–H and O–H groups in total. The molecule has 78 valence electrons. The smallest absolute Gasteiger partial charge is 0.263 e. The number of nitrogens with one attached hydrogen (secondary N) is 1. The average molecular weight is 211 g/mol. The molecule has 3 rings (SSSR count). The van der Waals surface area contributed by atoms with Gasteiger partial charge in [-0.2, -0.15) is 0 Å². The van der Waals surface area contributed by atoms with Crippen LogP contribution in [0.1, 0.15) is 10.4 Å². The van der Waals surface area contributed by atoms with Gasteiger partial charge in [0.05, 0.1) is 0 Å². The van der Waals surface area contributed by atoms with E-state index in [0.29, 0.717) is 5.56 Å². The number of imidazole rings is 1. The molecule has 0 fully saturated rings. The van der Waals surface area contributed by atoms with Gasteiger partial charge in [-0.3, -0.25) is 9.36 Å². The number of aromatic nitrogens is 3. The molecule has 4 nitrogen and oxygen atoms in total. The molecule has 0 amide bonds. The number of carbonyl (C=O) groups is 1. The zero-order valence-corrected chi connectivity index (χ0v) is 8.42. The number of hydrogen-bond acceptors (Lipinski definition) is 2. The van der Waals surface area contributed by atoms with Gasteiger partial charge in [0.2, 0.25) is 0 Å². The van der Waals surface area contributed by atoms with Gasteiger partial charge in [-0.1, -0.05) is 0 Å². The zero-order chi connectivity index (χ0) is 11.0. The lowest BCUT2D eigenvalue weighted by molar-refractivity contribution is 0.0960. The van der Waals surface area contributed by atoms with Crippen molar-refractivity contribution in [3.05, 3.63) is 54.7 Å². The quantitative estimate of drug-likeness (QED) is 0.669. The van der Waals surface area contributed by atoms with Crippen molar-refractivity contribution in [1.82, 2.24) is 14.5 Å². The van der Waals surface area contributed by atoms with Crippen LogP contribution in [-0.4, -0.2) is 20.4 Å². The van der Waals surface area contributed by atoms with E-state index in [4.69, 9.17) is 0 Å². The Hall–Kier alpha value is -2.36. The van der Waals surface area contributed by atoms with E-state index in [1.54, 1.807) is 18.5 Å². The van der Waals surface area contributed by atoms with Crippen LogP contribution in [0.4, 0.5) is 0 Å². The van der Waals surface area contributed by atoms with Crippen LogP contribution in [0.2, 0.25) is 0 Å². The third-order valence-electron chi connectivity index (χ3n) is 2.54. The predicted octanol–water partition coefficient (Wildman–Crippen LogP) is 2.05. The van der Waals surface area contributed by atoms with E-state index in [9.17, 15) is 4.79 Å². The number of benzene rings is 1. The Morgan fingerprint density at radius 2 is 2.25 bits per heavy atom. The minimum atomic E-state index is -0.0689.